The van der Waals surface area contributed by atoms with Crippen LogP contribution in [0.2, 0.25) is 0 Å². The van der Waals surface area contributed by atoms with Crippen LogP contribution in [0, 0.1) is 6.92 Å². The maximum atomic E-state index is 11.9. The molecule has 0 spiro atoms. The van der Waals surface area contributed by atoms with Crippen LogP contribution < -0.4 is 10.6 Å². The van der Waals surface area contributed by atoms with Crippen LogP contribution in [0.1, 0.15) is 12.1 Å². The minimum atomic E-state index is -0.217. The fraction of sp³-hybridized carbons (Fsp3) is 0.222. The Labute approximate surface area is 146 Å². The maximum absolute atomic E-state index is 11.9. The predicted octanol–water partition coefficient (Wildman–Crippen LogP) is 2.86. The van der Waals surface area contributed by atoms with Gasteiger partial charge in [-0.3, -0.25) is 0 Å². The van der Waals surface area contributed by atoms with E-state index in [1.54, 1.807) is 18.7 Å². The minimum absolute atomic E-state index is 0.217. The molecule has 0 saturated heterocycles. The van der Waals surface area contributed by atoms with Gasteiger partial charge < -0.3 is 15.2 Å². The number of hydrogen-bond donors (Lipinski definition) is 2. The number of aryl methyl sites for hydroxylation is 2. The number of amides is 2. The Morgan fingerprint density at radius 3 is 2.72 bits per heavy atom. The van der Waals surface area contributed by atoms with E-state index in [1.807, 2.05) is 48.0 Å². The first-order valence-corrected chi connectivity index (χ1v) is 8.11. The van der Waals surface area contributed by atoms with Crippen molar-refractivity contribution in [3.05, 3.63) is 60.9 Å². The van der Waals surface area contributed by atoms with Crippen LogP contribution in [0.15, 0.2) is 55.2 Å². The summed E-state index contributed by atoms with van der Waals surface area (Å²) in [4.78, 5) is 24.5. The molecule has 1 aromatic carbocycles. The van der Waals surface area contributed by atoms with Gasteiger partial charge in [0.15, 0.2) is 5.82 Å². The number of aromatic nitrogens is 4. The highest BCUT2D eigenvalue weighted by Gasteiger charge is 2.04. The topological polar surface area (TPSA) is 84.7 Å². The van der Waals surface area contributed by atoms with E-state index in [0.717, 1.165) is 29.9 Å². The van der Waals surface area contributed by atoms with E-state index in [0.29, 0.717) is 12.4 Å². The molecule has 0 aliphatic rings. The van der Waals surface area contributed by atoms with Crippen molar-refractivity contribution in [2.24, 2.45) is 0 Å². The second-order valence-electron chi connectivity index (χ2n) is 5.63. The van der Waals surface area contributed by atoms with Crippen LogP contribution in [-0.4, -0.2) is 32.1 Å². The van der Waals surface area contributed by atoms with Gasteiger partial charge in [0.05, 0.1) is 6.33 Å². The molecular formula is C18H20N6O. The van der Waals surface area contributed by atoms with Gasteiger partial charge in [-0.25, -0.2) is 19.7 Å². The van der Waals surface area contributed by atoms with Crippen LogP contribution in [0.3, 0.4) is 0 Å². The molecule has 0 aliphatic heterocycles. The van der Waals surface area contributed by atoms with Crippen molar-refractivity contribution in [3.63, 3.8) is 0 Å². The predicted molar refractivity (Wildman–Crippen MR) is 96.1 cm³/mol. The number of imidazole rings is 1. The number of anilines is 1. The van der Waals surface area contributed by atoms with Crippen molar-refractivity contribution >= 4 is 11.7 Å². The average molecular weight is 336 g/mol. The Kier molecular flexibility index (Phi) is 5.36. The van der Waals surface area contributed by atoms with Crippen molar-refractivity contribution in [1.82, 2.24) is 24.8 Å². The zero-order chi connectivity index (χ0) is 17.5. The minimum Gasteiger partial charge on any atom is -0.338 e. The summed E-state index contributed by atoms with van der Waals surface area (Å²) >= 11 is 0. The number of nitrogens with one attached hydrogen (secondary N) is 2. The normalized spacial score (nSPS) is 10.4. The van der Waals surface area contributed by atoms with Crippen LogP contribution in [0.5, 0.6) is 0 Å². The third kappa shape index (κ3) is 4.87. The molecule has 0 bridgehead atoms. The summed E-state index contributed by atoms with van der Waals surface area (Å²) < 4.78 is 1.98. The van der Waals surface area contributed by atoms with E-state index in [4.69, 9.17) is 0 Å². The molecule has 7 heteroatoms. The van der Waals surface area contributed by atoms with Gasteiger partial charge >= 0.3 is 6.03 Å². The summed E-state index contributed by atoms with van der Waals surface area (Å²) in [5.41, 5.74) is 2.56. The van der Waals surface area contributed by atoms with Gasteiger partial charge in [0, 0.05) is 48.6 Å². The molecule has 7 nitrogen and oxygen atoms in total. The van der Waals surface area contributed by atoms with Crippen LogP contribution in [-0.2, 0) is 6.54 Å². The first-order chi connectivity index (χ1) is 12.2. The van der Waals surface area contributed by atoms with Gasteiger partial charge in [-0.2, -0.15) is 0 Å². The highest BCUT2D eigenvalue weighted by atomic mass is 16.2. The van der Waals surface area contributed by atoms with Gasteiger partial charge in [-0.05, 0) is 43.7 Å². The van der Waals surface area contributed by atoms with Gasteiger partial charge in [-0.1, -0.05) is 0 Å². The molecule has 0 saturated carbocycles. The van der Waals surface area contributed by atoms with Gasteiger partial charge in [0.2, 0.25) is 0 Å². The number of carbonyl (C=O) groups is 1. The lowest BCUT2D eigenvalue weighted by molar-refractivity contribution is 0.252. The Morgan fingerprint density at radius 2 is 2.00 bits per heavy atom. The van der Waals surface area contributed by atoms with Crippen LogP contribution >= 0.6 is 0 Å². The lowest BCUT2D eigenvalue weighted by Gasteiger charge is -2.08. The quantitative estimate of drug-likeness (QED) is 0.678. The first-order valence-electron chi connectivity index (χ1n) is 8.11. The molecular weight excluding hydrogens is 316 g/mol. The van der Waals surface area contributed by atoms with Crippen molar-refractivity contribution in [2.75, 3.05) is 11.9 Å². The highest BCUT2D eigenvalue weighted by Crippen LogP contribution is 2.17. The number of nitrogens with zero attached hydrogens (tertiary/aromatic N) is 4. The van der Waals surface area contributed by atoms with Gasteiger partial charge in [0.25, 0.3) is 0 Å². The number of carbonyl (C=O) groups excluding carboxylic acids is 1. The van der Waals surface area contributed by atoms with Crippen molar-refractivity contribution in [3.8, 4) is 11.4 Å². The molecule has 2 N–H and O–H groups in total. The number of rotatable bonds is 6. The van der Waals surface area contributed by atoms with E-state index in [9.17, 15) is 4.79 Å². The van der Waals surface area contributed by atoms with Crippen LogP contribution in [0.25, 0.3) is 11.4 Å². The molecule has 0 unspecified atom stereocenters. The molecule has 2 aromatic heterocycles. The largest absolute Gasteiger partial charge is 0.338 e. The summed E-state index contributed by atoms with van der Waals surface area (Å²) in [6.45, 7) is 3.35. The zero-order valence-electron chi connectivity index (χ0n) is 14.0. The fourth-order valence-corrected chi connectivity index (χ4v) is 2.35. The van der Waals surface area contributed by atoms with Crippen molar-refractivity contribution in [1.29, 1.82) is 0 Å². The molecule has 128 valence electrons. The SMILES string of the molecule is Cc1ccnc(-c2ccc(NC(=O)NCCCn3ccnc3)cc2)n1. The molecule has 2 heterocycles. The Morgan fingerprint density at radius 1 is 1.16 bits per heavy atom. The summed E-state index contributed by atoms with van der Waals surface area (Å²) in [7, 11) is 0. The zero-order valence-corrected chi connectivity index (χ0v) is 14.0. The highest BCUT2D eigenvalue weighted by molar-refractivity contribution is 5.89. The average Bonchev–Trinajstić information content (AvgIpc) is 3.13. The summed E-state index contributed by atoms with van der Waals surface area (Å²) in [6.07, 6.45) is 7.99. The van der Waals surface area contributed by atoms with E-state index >= 15 is 0 Å². The fourth-order valence-electron chi connectivity index (χ4n) is 2.35. The summed E-state index contributed by atoms with van der Waals surface area (Å²) in [5.74, 6) is 0.676. The first kappa shape index (κ1) is 16.6. The third-order valence-corrected chi connectivity index (χ3v) is 3.63. The summed E-state index contributed by atoms with van der Waals surface area (Å²) in [6, 6.07) is 9.10. The molecule has 0 atom stereocenters. The molecule has 3 rings (SSSR count). The van der Waals surface area contributed by atoms with E-state index in [-0.39, 0.29) is 6.03 Å². The second kappa shape index (κ2) is 8.05. The molecule has 0 fully saturated rings. The lowest BCUT2D eigenvalue weighted by atomic mass is 10.2. The van der Waals surface area contributed by atoms with Gasteiger partial charge in [0.1, 0.15) is 0 Å². The molecule has 2 amide bonds. The monoisotopic (exact) mass is 336 g/mol. The lowest BCUT2D eigenvalue weighted by Crippen LogP contribution is -2.30. The molecule has 25 heavy (non-hydrogen) atoms. The Balaban J connectivity index is 1.46. The Bertz CT molecular complexity index is 814. The standard InChI is InChI=1S/C18H20N6O/c1-14-7-9-20-17(22-14)15-3-5-16(6-4-15)23-18(25)21-8-2-11-24-12-10-19-13-24/h3-7,9-10,12-13H,2,8,11H2,1H3,(H2,21,23,25). The van der Waals surface area contributed by atoms with E-state index in [2.05, 4.69) is 25.6 Å². The number of urea groups is 1. The number of benzene rings is 1. The number of hydrogen-bond acceptors (Lipinski definition) is 4. The second-order valence-corrected chi connectivity index (χ2v) is 5.63. The van der Waals surface area contributed by atoms with Gasteiger partial charge in [-0.15, -0.1) is 0 Å². The smallest absolute Gasteiger partial charge is 0.319 e. The maximum Gasteiger partial charge on any atom is 0.319 e. The molecule has 0 radical (unpaired) electrons. The van der Waals surface area contributed by atoms with Crippen molar-refractivity contribution < 1.29 is 4.79 Å². The Hall–Kier alpha value is -3.22. The summed E-state index contributed by atoms with van der Waals surface area (Å²) in [5, 5.41) is 5.65. The van der Waals surface area contributed by atoms with Crippen molar-refractivity contribution in [2.45, 2.75) is 19.9 Å². The van der Waals surface area contributed by atoms with E-state index in [1.165, 1.54) is 0 Å². The molecule has 0 aliphatic carbocycles. The van der Waals surface area contributed by atoms with E-state index < -0.39 is 0 Å². The molecule has 3 aromatic rings. The third-order valence-electron chi connectivity index (χ3n) is 3.63. The van der Waals surface area contributed by atoms with Crippen LogP contribution in [0.4, 0.5) is 10.5 Å².